The minimum absolute atomic E-state index is 0.427. The van der Waals surface area contributed by atoms with E-state index < -0.39 is 5.60 Å². The fourth-order valence-electron chi connectivity index (χ4n) is 3.06. The van der Waals surface area contributed by atoms with E-state index in [1.807, 2.05) is 0 Å². The van der Waals surface area contributed by atoms with E-state index in [4.69, 9.17) is 4.74 Å². The topological polar surface area (TPSA) is 41.5 Å². The molecule has 0 saturated heterocycles. The molecule has 0 heterocycles. The zero-order valence-electron chi connectivity index (χ0n) is 10.4. The SMILES string of the molecule is COC1CCC(NCC2(O)CCCCC2)C1. The van der Waals surface area contributed by atoms with E-state index in [0.29, 0.717) is 12.1 Å². The molecular weight excluding hydrogens is 202 g/mol. The standard InChI is InChI=1S/C13H25NO2/c1-16-12-6-5-11(9-12)14-10-13(15)7-3-2-4-8-13/h11-12,14-15H,2-10H2,1H3. The van der Waals surface area contributed by atoms with Crippen LogP contribution in [0.2, 0.25) is 0 Å². The maximum atomic E-state index is 10.4. The Morgan fingerprint density at radius 3 is 2.62 bits per heavy atom. The van der Waals surface area contributed by atoms with Gasteiger partial charge in [-0.15, -0.1) is 0 Å². The Kier molecular flexibility index (Phi) is 4.22. The molecule has 0 spiro atoms. The molecule has 2 fully saturated rings. The third kappa shape index (κ3) is 3.19. The summed E-state index contributed by atoms with van der Waals surface area (Å²) in [5.74, 6) is 0. The zero-order chi connectivity index (χ0) is 11.4. The summed E-state index contributed by atoms with van der Waals surface area (Å²) in [6.07, 6.45) is 9.48. The minimum Gasteiger partial charge on any atom is -0.389 e. The molecule has 0 aliphatic heterocycles. The van der Waals surface area contributed by atoms with Gasteiger partial charge in [-0.25, -0.2) is 0 Å². The number of methoxy groups -OCH3 is 1. The van der Waals surface area contributed by atoms with Gasteiger partial charge in [0, 0.05) is 19.7 Å². The van der Waals surface area contributed by atoms with Gasteiger partial charge in [0.05, 0.1) is 11.7 Å². The van der Waals surface area contributed by atoms with E-state index in [1.165, 1.54) is 25.7 Å². The van der Waals surface area contributed by atoms with Crippen molar-refractivity contribution >= 4 is 0 Å². The van der Waals surface area contributed by atoms with E-state index >= 15 is 0 Å². The van der Waals surface area contributed by atoms with Crippen LogP contribution < -0.4 is 5.32 Å². The first-order chi connectivity index (χ1) is 7.72. The lowest BCUT2D eigenvalue weighted by molar-refractivity contribution is 0.00228. The molecule has 3 nitrogen and oxygen atoms in total. The van der Waals surface area contributed by atoms with Crippen LogP contribution in [0.5, 0.6) is 0 Å². The summed E-state index contributed by atoms with van der Waals surface area (Å²) in [6, 6.07) is 0.552. The Hall–Kier alpha value is -0.120. The van der Waals surface area contributed by atoms with Crippen molar-refractivity contribution in [2.24, 2.45) is 0 Å². The third-order valence-electron chi connectivity index (χ3n) is 4.22. The van der Waals surface area contributed by atoms with Crippen molar-refractivity contribution in [3.8, 4) is 0 Å². The Morgan fingerprint density at radius 1 is 1.25 bits per heavy atom. The van der Waals surface area contributed by atoms with Crippen molar-refractivity contribution in [2.75, 3.05) is 13.7 Å². The van der Waals surface area contributed by atoms with Gasteiger partial charge in [0.15, 0.2) is 0 Å². The monoisotopic (exact) mass is 227 g/mol. The third-order valence-corrected chi connectivity index (χ3v) is 4.22. The van der Waals surface area contributed by atoms with Crippen LogP contribution in [-0.4, -0.2) is 36.5 Å². The van der Waals surface area contributed by atoms with Crippen molar-refractivity contribution < 1.29 is 9.84 Å². The lowest BCUT2D eigenvalue weighted by atomic mass is 9.85. The van der Waals surface area contributed by atoms with Gasteiger partial charge in [0.25, 0.3) is 0 Å². The molecule has 0 aromatic carbocycles. The fourth-order valence-corrected chi connectivity index (χ4v) is 3.06. The van der Waals surface area contributed by atoms with Crippen molar-refractivity contribution in [3.05, 3.63) is 0 Å². The first kappa shape index (κ1) is 12.3. The molecule has 3 heteroatoms. The summed E-state index contributed by atoms with van der Waals surface area (Å²) in [4.78, 5) is 0. The summed E-state index contributed by atoms with van der Waals surface area (Å²) in [5.41, 5.74) is -0.427. The summed E-state index contributed by atoms with van der Waals surface area (Å²) >= 11 is 0. The Balaban J connectivity index is 1.70. The molecule has 2 aliphatic rings. The zero-order valence-corrected chi connectivity index (χ0v) is 10.4. The quantitative estimate of drug-likeness (QED) is 0.770. The predicted molar refractivity (Wildman–Crippen MR) is 64.5 cm³/mol. The summed E-state index contributed by atoms with van der Waals surface area (Å²) in [7, 11) is 1.79. The van der Waals surface area contributed by atoms with Crippen LogP contribution in [-0.2, 0) is 4.74 Å². The summed E-state index contributed by atoms with van der Waals surface area (Å²) in [5, 5.41) is 13.9. The highest BCUT2D eigenvalue weighted by molar-refractivity contribution is 4.88. The normalized spacial score (nSPS) is 34.1. The van der Waals surface area contributed by atoms with E-state index in [-0.39, 0.29) is 0 Å². The van der Waals surface area contributed by atoms with Crippen LogP contribution in [0.4, 0.5) is 0 Å². The highest BCUT2D eigenvalue weighted by Crippen LogP contribution is 2.28. The molecule has 16 heavy (non-hydrogen) atoms. The average Bonchev–Trinajstić information content (AvgIpc) is 2.75. The molecule has 2 N–H and O–H groups in total. The van der Waals surface area contributed by atoms with Crippen molar-refractivity contribution in [2.45, 2.75) is 69.1 Å². The van der Waals surface area contributed by atoms with E-state index in [2.05, 4.69) is 5.32 Å². The molecule has 2 unspecified atom stereocenters. The van der Waals surface area contributed by atoms with Gasteiger partial charge in [-0.3, -0.25) is 0 Å². The van der Waals surface area contributed by atoms with E-state index in [1.54, 1.807) is 7.11 Å². The van der Waals surface area contributed by atoms with Crippen LogP contribution >= 0.6 is 0 Å². The second-order valence-corrected chi connectivity index (χ2v) is 5.53. The molecule has 0 radical (unpaired) electrons. The van der Waals surface area contributed by atoms with Gasteiger partial charge < -0.3 is 15.2 Å². The van der Waals surface area contributed by atoms with Crippen molar-refractivity contribution in [1.29, 1.82) is 0 Å². The number of aliphatic hydroxyl groups is 1. The molecule has 0 bridgehead atoms. The highest BCUT2D eigenvalue weighted by Gasteiger charge is 2.31. The van der Waals surface area contributed by atoms with E-state index in [9.17, 15) is 5.11 Å². The van der Waals surface area contributed by atoms with Gasteiger partial charge in [0.1, 0.15) is 0 Å². The minimum atomic E-state index is -0.427. The van der Waals surface area contributed by atoms with Crippen molar-refractivity contribution in [3.63, 3.8) is 0 Å². The van der Waals surface area contributed by atoms with Gasteiger partial charge in [-0.2, -0.15) is 0 Å². The second kappa shape index (κ2) is 5.48. The maximum Gasteiger partial charge on any atom is 0.0771 e. The van der Waals surface area contributed by atoms with Crippen LogP contribution in [0.15, 0.2) is 0 Å². The Morgan fingerprint density at radius 2 is 2.00 bits per heavy atom. The molecule has 94 valence electrons. The largest absolute Gasteiger partial charge is 0.389 e. The molecule has 0 aromatic rings. The second-order valence-electron chi connectivity index (χ2n) is 5.53. The van der Waals surface area contributed by atoms with Gasteiger partial charge >= 0.3 is 0 Å². The van der Waals surface area contributed by atoms with Crippen molar-refractivity contribution in [1.82, 2.24) is 5.32 Å². The van der Waals surface area contributed by atoms with Gasteiger partial charge in [0.2, 0.25) is 0 Å². The van der Waals surface area contributed by atoms with Crippen LogP contribution in [0.3, 0.4) is 0 Å². The fraction of sp³-hybridized carbons (Fsp3) is 1.00. The summed E-state index contributed by atoms with van der Waals surface area (Å²) < 4.78 is 5.36. The molecule has 2 atom stereocenters. The highest BCUT2D eigenvalue weighted by atomic mass is 16.5. The lowest BCUT2D eigenvalue weighted by Crippen LogP contribution is -2.45. The average molecular weight is 227 g/mol. The predicted octanol–water partition coefficient (Wildman–Crippen LogP) is 1.84. The molecule has 0 aromatic heterocycles. The van der Waals surface area contributed by atoms with E-state index in [0.717, 1.165) is 32.2 Å². The number of ether oxygens (including phenoxy) is 1. The molecule has 2 aliphatic carbocycles. The molecule has 2 saturated carbocycles. The lowest BCUT2D eigenvalue weighted by Gasteiger charge is -2.33. The first-order valence-corrected chi connectivity index (χ1v) is 6.70. The molecular formula is C13H25NO2. The number of nitrogens with one attached hydrogen (secondary N) is 1. The van der Waals surface area contributed by atoms with Crippen LogP contribution in [0.1, 0.15) is 51.4 Å². The van der Waals surface area contributed by atoms with Crippen LogP contribution in [0.25, 0.3) is 0 Å². The summed E-state index contributed by atoms with van der Waals surface area (Å²) in [6.45, 7) is 0.772. The van der Waals surface area contributed by atoms with Gasteiger partial charge in [-0.05, 0) is 32.1 Å². The Labute approximate surface area is 98.6 Å². The Bertz CT molecular complexity index is 214. The number of hydrogen-bond donors (Lipinski definition) is 2. The number of rotatable bonds is 4. The number of hydrogen-bond acceptors (Lipinski definition) is 3. The molecule has 0 amide bonds. The first-order valence-electron chi connectivity index (χ1n) is 6.70. The van der Waals surface area contributed by atoms with Crippen LogP contribution in [0, 0.1) is 0 Å². The maximum absolute atomic E-state index is 10.4. The smallest absolute Gasteiger partial charge is 0.0771 e. The molecule has 2 rings (SSSR count). The van der Waals surface area contributed by atoms with Gasteiger partial charge in [-0.1, -0.05) is 19.3 Å².